The number of carboxylic acids is 1. The van der Waals surface area contributed by atoms with E-state index >= 15 is 0 Å². The van der Waals surface area contributed by atoms with Gasteiger partial charge in [-0.05, 0) is 140 Å². The van der Waals surface area contributed by atoms with Crippen LogP contribution in [-0.4, -0.2) is 85.8 Å². The van der Waals surface area contributed by atoms with Gasteiger partial charge in [-0.1, -0.05) is 218 Å². The predicted molar refractivity (Wildman–Crippen MR) is 371 cm³/mol. The largest absolute Gasteiger partial charge is 0.481 e. The summed E-state index contributed by atoms with van der Waals surface area (Å²) in [5, 5.41) is 21.7. The first-order chi connectivity index (χ1) is 45.4. The third-order valence-corrected chi connectivity index (χ3v) is 16.3. The number of hydrogen-bond donors (Lipinski definition) is 5. The van der Waals surface area contributed by atoms with E-state index in [-0.39, 0.29) is 50.2 Å². The van der Waals surface area contributed by atoms with Crippen LogP contribution in [0.3, 0.4) is 0 Å². The molecule has 8 rings (SSSR count). The summed E-state index contributed by atoms with van der Waals surface area (Å²) >= 11 is 0. The molecule has 94 heavy (non-hydrogen) atoms. The van der Waals surface area contributed by atoms with Crippen LogP contribution in [-0.2, 0) is 68.7 Å². The van der Waals surface area contributed by atoms with E-state index in [4.69, 9.17) is 14.2 Å². The van der Waals surface area contributed by atoms with Gasteiger partial charge in [0, 0.05) is 38.9 Å². The summed E-state index contributed by atoms with van der Waals surface area (Å²) in [4.78, 5) is 79.9. The second-order valence-electron chi connectivity index (χ2n) is 25.0. The van der Waals surface area contributed by atoms with Crippen molar-refractivity contribution < 1.29 is 48.1 Å². The second kappa shape index (κ2) is 37.3. The molecule has 0 saturated carbocycles. The van der Waals surface area contributed by atoms with Crippen molar-refractivity contribution in [3.63, 3.8) is 0 Å². The molecule has 0 saturated heterocycles. The summed E-state index contributed by atoms with van der Waals surface area (Å²) in [6.07, 6.45) is 3.78. The zero-order valence-electron chi connectivity index (χ0n) is 55.4. The Hall–Kier alpha value is -9.50. The molecule has 0 bridgehead atoms. The van der Waals surface area contributed by atoms with E-state index in [0.29, 0.717) is 38.5 Å². The molecule has 0 aliphatic carbocycles. The number of carbonyl (C=O) groups is 6. The van der Waals surface area contributed by atoms with Crippen molar-refractivity contribution in [1.29, 1.82) is 0 Å². The first-order valence-electron chi connectivity index (χ1n) is 32.5. The zero-order valence-corrected chi connectivity index (χ0v) is 55.4. The van der Waals surface area contributed by atoms with Crippen LogP contribution in [0.2, 0.25) is 0 Å². The fourth-order valence-electron chi connectivity index (χ4n) is 11.6. The number of hydrogen-bond acceptors (Lipinski definition) is 9. The lowest BCUT2D eigenvalue weighted by Crippen LogP contribution is -2.51. The van der Waals surface area contributed by atoms with Gasteiger partial charge in [0.2, 0.25) is 23.6 Å². The molecule has 0 aliphatic rings. The van der Waals surface area contributed by atoms with Crippen molar-refractivity contribution in [3.8, 4) is 22.3 Å². The van der Waals surface area contributed by atoms with E-state index in [1.54, 1.807) is 14.2 Å². The maximum absolute atomic E-state index is 14.0. The molecule has 0 spiro atoms. The number of aliphatic carboxylic acids is 1. The molecule has 492 valence electrons. The minimum Gasteiger partial charge on any atom is -0.481 e. The Labute approximate surface area is 555 Å². The van der Waals surface area contributed by atoms with Crippen molar-refractivity contribution in [2.24, 2.45) is 11.8 Å². The molecular weight excluding hydrogens is 1180 g/mol. The van der Waals surface area contributed by atoms with Crippen LogP contribution in [0.4, 0.5) is 0 Å². The molecule has 8 aromatic carbocycles. The van der Waals surface area contributed by atoms with E-state index in [1.165, 1.54) is 27.8 Å². The number of aryl methyl sites for hydroxylation is 4. The molecule has 5 N–H and O–H groups in total. The third-order valence-electron chi connectivity index (χ3n) is 16.3. The standard InChI is InChI=1S/C42H50N2O5.C38H42N2O5/c1-30-26-32(24-25-36(30)33-19-11-7-12-20-33)18-15-23-35(28-39(45)49-42(2,3)4)40(46)43-37(27-31-16-9-6-10-17-31)41(47)44-38(29-48-5)34-21-13-8-14-22-34;1-27-23-29(21-22-33(27)30-16-8-4-9-17-30)15-12-20-32(25-36(41)42)37(43)39-34(24-28-13-6-3-7-14-28)38(44)40-35(26-45-2)31-18-10-5-11-19-31/h6-14,16-17,19-22,24-26,35,37-38H,15,18,23,27-29H2,1-5H3,(H,43,46)(H,44,47);3-11,13-14,16-19,21-23,32,34-35H,12,15,20,24-26H2,1-2H3,(H,39,43)(H,40,44)(H,41,42)/t35-,37+,38?;32-,34+,35?/m11/s1. The van der Waals surface area contributed by atoms with Crippen LogP contribution in [0.25, 0.3) is 22.3 Å². The highest BCUT2D eigenvalue weighted by Gasteiger charge is 2.32. The maximum Gasteiger partial charge on any atom is 0.307 e. The monoisotopic (exact) mass is 1270 g/mol. The Morgan fingerprint density at radius 1 is 0.426 bits per heavy atom. The summed E-state index contributed by atoms with van der Waals surface area (Å²) in [6.45, 7) is 10.2. The number of rotatable bonds is 32. The lowest BCUT2D eigenvalue weighted by Gasteiger charge is -2.26. The van der Waals surface area contributed by atoms with E-state index < -0.39 is 59.5 Å². The Kier molecular flexibility index (Phi) is 28.5. The van der Waals surface area contributed by atoms with Gasteiger partial charge in [0.1, 0.15) is 17.7 Å². The molecule has 0 heterocycles. The van der Waals surface area contributed by atoms with Gasteiger partial charge in [0.25, 0.3) is 0 Å². The molecule has 4 amide bonds. The summed E-state index contributed by atoms with van der Waals surface area (Å²) in [7, 11) is 3.16. The molecule has 0 aliphatic heterocycles. The highest BCUT2D eigenvalue weighted by atomic mass is 16.6. The molecule has 0 fully saturated rings. The average molecular weight is 1270 g/mol. The SMILES string of the molecule is COCC(NC(=O)[C@H](Cc1ccccc1)NC(=O)[C@H](CCCc1ccc(-c2ccccc2)c(C)c1)CC(=O)O)c1ccccc1.COCC(NC(=O)[C@H](Cc1ccccc1)NC(=O)[C@H](CCCc1ccc(-c2ccccc2)c(C)c1)CC(=O)OC(C)(C)C)c1ccccc1. The number of benzene rings is 8. The number of amides is 4. The van der Waals surface area contributed by atoms with E-state index in [0.717, 1.165) is 45.4 Å². The molecule has 0 radical (unpaired) electrons. The van der Waals surface area contributed by atoms with E-state index in [1.807, 2.05) is 178 Å². The van der Waals surface area contributed by atoms with E-state index in [9.17, 15) is 33.9 Å². The first-order valence-corrected chi connectivity index (χ1v) is 32.5. The van der Waals surface area contributed by atoms with Gasteiger partial charge in [-0.3, -0.25) is 28.8 Å². The average Bonchev–Trinajstić information content (AvgIpc) is 1.89. The van der Waals surface area contributed by atoms with Gasteiger partial charge in [0.05, 0.1) is 38.1 Å². The van der Waals surface area contributed by atoms with Crippen LogP contribution in [0.15, 0.2) is 218 Å². The van der Waals surface area contributed by atoms with Gasteiger partial charge in [-0.25, -0.2) is 0 Å². The van der Waals surface area contributed by atoms with Gasteiger partial charge < -0.3 is 40.6 Å². The number of carboxylic acid groups (broad SMARTS) is 1. The lowest BCUT2D eigenvalue weighted by molar-refractivity contribution is -0.157. The normalized spacial score (nSPS) is 13.1. The van der Waals surface area contributed by atoms with Crippen LogP contribution in [0.1, 0.15) is 116 Å². The second-order valence-corrected chi connectivity index (χ2v) is 25.0. The smallest absolute Gasteiger partial charge is 0.307 e. The summed E-state index contributed by atoms with van der Waals surface area (Å²) < 4.78 is 16.4. The van der Waals surface area contributed by atoms with Crippen LogP contribution >= 0.6 is 0 Å². The van der Waals surface area contributed by atoms with Gasteiger partial charge >= 0.3 is 11.9 Å². The fourth-order valence-corrected chi connectivity index (χ4v) is 11.6. The summed E-state index contributed by atoms with van der Waals surface area (Å²) in [5.41, 5.74) is 12.2. The minimum atomic E-state index is -1.05. The summed E-state index contributed by atoms with van der Waals surface area (Å²) in [6, 6.07) is 68.9. The topological polar surface area (TPSA) is 198 Å². The molecule has 2 unspecified atom stereocenters. The molecule has 14 heteroatoms. The quantitative estimate of drug-likeness (QED) is 0.0253. The van der Waals surface area contributed by atoms with Crippen molar-refractivity contribution in [2.75, 3.05) is 27.4 Å². The van der Waals surface area contributed by atoms with Crippen molar-refractivity contribution >= 4 is 35.6 Å². The number of nitrogens with one attached hydrogen (secondary N) is 4. The Balaban J connectivity index is 0.000000267. The van der Waals surface area contributed by atoms with Crippen LogP contribution in [0, 0.1) is 25.7 Å². The van der Waals surface area contributed by atoms with Gasteiger partial charge in [0.15, 0.2) is 0 Å². The number of esters is 1. The lowest BCUT2D eigenvalue weighted by atomic mass is 9.93. The Bertz CT molecular complexity index is 3640. The Morgan fingerprint density at radius 2 is 0.777 bits per heavy atom. The highest BCUT2D eigenvalue weighted by molar-refractivity contribution is 5.91. The molecule has 14 nitrogen and oxygen atoms in total. The number of ether oxygens (including phenoxy) is 3. The maximum atomic E-state index is 14.0. The number of carbonyl (C=O) groups excluding carboxylic acids is 5. The molecule has 6 atom stereocenters. The van der Waals surface area contributed by atoms with E-state index in [2.05, 4.69) is 95.8 Å². The van der Waals surface area contributed by atoms with Crippen molar-refractivity contribution in [1.82, 2.24) is 21.3 Å². The van der Waals surface area contributed by atoms with Crippen molar-refractivity contribution in [2.45, 2.75) is 129 Å². The third kappa shape index (κ3) is 23.9. The van der Waals surface area contributed by atoms with Crippen molar-refractivity contribution in [3.05, 3.63) is 263 Å². The highest BCUT2D eigenvalue weighted by Crippen LogP contribution is 2.28. The number of methoxy groups -OCH3 is 2. The zero-order chi connectivity index (χ0) is 67.2. The van der Waals surface area contributed by atoms with Crippen LogP contribution in [0.5, 0.6) is 0 Å². The predicted octanol–water partition coefficient (Wildman–Crippen LogP) is 13.9. The van der Waals surface area contributed by atoms with Gasteiger partial charge in [-0.2, -0.15) is 0 Å². The molecule has 8 aromatic rings. The summed E-state index contributed by atoms with van der Waals surface area (Å²) in [5.74, 6) is -4.41. The first kappa shape index (κ1) is 71.9. The Morgan fingerprint density at radius 3 is 1.12 bits per heavy atom. The minimum absolute atomic E-state index is 0.0783. The fraction of sp³-hybridized carbons (Fsp3) is 0.325. The van der Waals surface area contributed by atoms with Gasteiger partial charge in [-0.15, -0.1) is 0 Å². The molecule has 0 aromatic heterocycles. The van der Waals surface area contributed by atoms with Crippen LogP contribution < -0.4 is 21.3 Å². The molecular formula is C80H92N4O10.